The normalized spacial score (nSPS) is 13.8. The molecule has 2 aliphatic rings. The predicted molar refractivity (Wildman–Crippen MR) is 233 cm³/mol. The van der Waals surface area contributed by atoms with Crippen molar-refractivity contribution in [1.29, 1.82) is 0 Å². The Morgan fingerprint density at radius 3 is 0.947 bits per heavy atom. The molecule has 0 unspecified atom stereocenters. The van der Waals surface area contributed by atoms with Gasteiger partial charge in [0.25, 0.3) is 0 Å². The molecular formula is C54H34OS2. The smallest absolute Gasteiger partial charge is 0.127 e. The number of fused-ring (bicyclic) bond motifs is 4. The summed E-state index contributed by atoms with van der Waals surface area (Å²) in [5.74, 6) is 16.2. The van der Waals surface area contributed by atoms with Crippen molar-refractivity contribution in [3.8, 4) is 35.2 Å². The van der Waals surface area contributed by atoms with Gasteiger partial charge in [-0.25, -0.2) is 0 Å². The number of hydrogen-bond donors (Lipinski definition) is 0. The van der Waals surface area contributed by atoms with E-state index in [0.29, 0.717) is 0 Å². The molecule has 1 nitrogen and oxygen atoms in total. The molecule has 0 N–H and O–H groups in total. The summed E-state index contributed by atoms with van der Waals surface area (Å²) in [7, 11) is 0. The molecule has 0 aliphatic carbocycles. The van der Waals surface area contributed by atoms with E-state index in [1.165, 1.54) is 41.8 Å². The second kappa shape index (κ2) is 14.8. The van der Waals surface area contributed by atoms with Crippen LogP contribution < -0.4 is 4.74 Å². The number of rotatable bonds is 4. The Bertz CT molecular complexity index is 2580. The van der Waals surface area contributed by atoms with E-state index < -0.39 is 10.8 Å². The van der Waals surface area contributed by atoms with Crippen LogP contribution in [-0.2, 0) is 10.8 Å². The average molecular weight is 763 g/mol. The summed E-state index contributed by atoms with van der Waals surface area (Å²) < 4.78 is 6.59. The van der Waals surface area contributed by atoms with E-state index in [1.54, 1.807) is 0 Å². The van der Waals surface area contributed by atoms with Crippen molar-refractivity contribution >= 4 is 23.5 Å². The lowest BCUT2D eigenvalue weighted by molar-refractivity contribution is 0.481. The average Bonchev–Trinajstić information content (AvgIpc) is 3.28. The maximum absolute atomic E-state index is 6.59. The highest BCUT2D eigenvalue weighted by atomic mass is 32.2. The van der Waals surface area contributed by atoms with Gasteiger partial charge >= 0.3 is 0 Å². The van der Waals surface area contributed by atoms with E-state index in [4.69, 9.17) is 4.74 Å². The first-order valence-corrected chi connectivity index (χ1v) is 20.6. The van der Waals surface area contributed by atoms with Gasteiger partial charge in [0.15, 0.2) is 0 Å². The lowest BCUT2D eigenvalue weighted by atomic mass is 9.69. The molecule has 0 fully saturated rings. The zero-order chi connectivity index (χ0) is 38.1. The molecule has 2 aliphatic heterocycles. The third kappa shape index (κ3) is 6.23. The Labute approximate surface area is 342 Å². The molecule has 2 heterocycles. The number of ether oxygens (including phenoxy) is 1. The molecule has 0 bridgehead atoms. The van der Waals surface area contributed by atoms with Crippen molar-refractivity contribution in [2.45, 2.75) is 30.4 Å². The van der Waals surface area contributed by atoms with Crippen LogP contribution in [-0.4, -0.2) is 0 Å². The lowest BCUT2D eigenvalue weighted by Gasteiger charge is -2.37. The molecule has 57 heavy (non-hydrogen) atoms. The van der Waals surface area contributed by atoms with Gasteiger partial charge in [-0.05, 0) is 106 Å². The van der Waals surface area contributed by atoms with Crippen molar-refractivity contribution in [1.82, 2.24) is 0 Å². The van der Waals surface area contributed by atoms with Gasteiger partial charge in [0, 0.05) is 30.7 Å². The van der Waals surface area contributed by atoms with Crippen LogP contribution in [0.1, 0.15) is 44.5 Å². The molecule has 3 heteroatoms. The fourth-order valence-corrected chi connectivity index (χ4v) is 10.5. The van der Waals surface area contributed by atoms with Crippen molar-refractivity contribution in [3.63, 3.8) is 0 Å². The first kappa shape index (κ1) is 34.8. The van der Waals surface area contributed by atoms with E-state index in [0.717, 1.165) is 33.8 Å². The van der Waals surface area contributed by atoms with Gasteiger partial charge in [0.05, 0.1) is 0 Å². The summed E-state index contributed by atoms with van der Waals surface area (Å²) in [5.41, 5.74) is 7.58. The van der Waals surface area contributed by atoms with E-state index in [9.17, 15) is 0 Å². The molecule has 0 spiro atoms. The highest BCUT2D eigenvalue weighted by Gasteiger charge is 2.43. The molecule has 0 aromatic heterocycles. The van der Waals surface area contributed by atoms with E-state index >= 15 is 0 Å². The molecule has 0 saturated carbocycles. The van der Waals surface area contributed by atoms with Gasteiger partial charge in [-0.1, -0.05) is 181 Å². The van der Waals surface area contributed by atoms with Crippen LogP contribution in [0.15, 0.2) is 226 Å². The third-order valence-corrected chi connectivity index (χ3v) is 13.1. The quantitative estimate of drug-likeness (QED) is 0.165. The van der Waals surface area contributed by atoms with Crippen LogP contribution in [0.25, 0.3) is 0 Å². The minimum atomic E-state index is -0.672. The Hall–Kier alpha value is -6.62. The summed E-state index contributed by atoms with van der Waals surface area (Å²) in [6.45, 7) is 0. The zero-order valence-corrected chi connectivity index (χ0v) is 32.5. The Balaban J connectivity index is 1.03. The van der Waals surface area contributed by atoms with Gasteiger partial charge in [-0.15, -0.1) is 0 Å². The molecular weight excluding hydrogens is 729 g/mol. The van der Waals surface area contributed by atoms with Crippen molar-refractivity contribution in [3.05, 3.63) is 251 Å². The second-order valence-corrected chi connectivity index (χ2v) is 16.2. The monoisotopic (exact) mass is 762 g/mol. The predicted octanol–water partition coefficient (Wildman–Crippen LogP) is 13.2. The molecule has 268 valence electrons. The second-order valence-electron chi connectivity index (χ2n) is 14.1. The van der Waals surface area contributed by atoms with Gasteiger partial charge in [-0.2, -0.15) is 0 Å². The van der Waals surface area contributed by atoms with Crippen LogP contribution in [0.5, 0.6) is 11.5 Å². The summed E-state index contributed by atoms with van der Waals surface area (Å²) in [4.78, 5) is 4.86. The summed E-state index contributed by atoms with van der Waals surface area (Å²) >= 11 is 3.62. The van der Waals surface area contributed by atoms with Crippen LogP contribution >= 0.6 is 23.5 Å². The highest BCUT2D eigenvalue weighted by molar-refractivity contribution is 7.99. The molecule has 8 aromatic carbocycles. The van der Waals surface area contributed by atoms with Gasteiger partial charge in [0.1, 0.15) is 22.3 Å². The maximum atomic E-state index is 6.59. The molecule has 0 amide bonds. The molecule has 0 atom stereocenters. The fraction of sp³-hybridized carbons (Fsp3) is 0.0370. The fourth-order valence-electron chi connectivity index (χ4n) is 8.08. The van der Waals surface area contributed by atoms with Crippen LogP contribution in [0.4, 0.5) is 0 Å². The standard InChI is InChI=1S/C54H34OS2/c1-3-15-39(16-4-1)35-37-53(45-19-7-11-23-49(45)56-50-24-12-8-20-46(50)53)41-27-31-43(32-28-41)55-44-33-29-42(30-34-44)54(38-36-40-17-5-2-6-18-40)47-21-9-13-25-51(47)57-52-26-14-10-22-48(52)54/h1-34H. The topological polar surface area (TPSA) is 9.23 Å². The highest BCUT2D eigenvalue weighted by Crippen LogP contribution is 2.54. The Kier molecular flexibility index (Phi) is 9.04. The Morgan fingerprint density at radius 2 is 0.614 bits per heavy atom. The van der Waals surface area contributed by atoms with Gasteiger partial charge in [-0.3, -0.25) is 0 Å². The molecule has 8 aromatic rings. The van der Waals surface area contributed by atoms with Crippen LogP contribution in [0.3, 0.4) is 0 Å². The SMILES string of the molecule is C(#CC1(c2ccc(Oc3ccc(C4(C#Cc5ccccc5)c5ccccc5Sc5ccccc54)cc3)cc2)c2ccccc2Sc2ccccc21)c1ccccc1. The van der Waals surface area contributed by atoms with Gasteiger partial charge in [0.2, 0.25) is 0 Å². The van der Waals surface area contributed by atoms with E-state index in [1.807, 2.05) is 59.9 Å². The van der Waals surface area contributed by atoms with Gasteiger partial charge < -0.3 is 4.74 Å². The summed E-state index contributed by atoms with van der Waals surface area (Å²) in [6, 6.07) is 72.1. The maximum Gasteiger partial charge on any atom is 0.127 e. The zero-order valence-electron chi connectivity index (χ0n) is 30.9. The molecule has 0 radical (unpaired) electrons. The number of benzene rings is 8. The van der Waals surface area contributed by atoms with Crippen molar-refractivity contribution in [2.75, 3.05) is 0 Å². The molecule has 10 rings (SSSR count). The Morgan fingerprint density at radius 1 is 0.316 bits per heavy atom. The van der Waals surface area contributed by atoms with Crippen LogP contribution in [0, 0.1) is 23.7 Å². The largest absolute Gasteiger partial charge is 0.457 e. The number of hydrogen-bond acceptors (Lipinski definition) is 3. The summed E-state index contributed by atoms with van der Waals surface area (Å²) in [5, 5.41) is 0. The minimum Gasteiger partial charge on any atom is -0.457 e. The molecule has 0 saturated heterocycles. The first-order chi connectivity index (χ1) is 28.2. The lowest BCUT2D eigenvalue weighted by Crippen LogP contribution is -2.31. The van der Waals surface area contributed by atoms with Crippen molar-refractivity contribution < 1.29 is 4.74 Å². The van der Waals surface area contributed by atoms with Crippen molar-refractivity contribution in [2.24, 2.45) is 0 Å². The summed E-state index contributed by atoms with van der Waals surface area (Å²) in [6.07, 6.45) is 0. The first-order valence-electron chi connectivity index (χ1n) is 19.0. The van der Waals surface area contributed by atoms with E-state index in [2.05, 4.69) is 194 Å². The minimum absolute atomic E-state index is 0.672. The van der Waals surface area contributed by atoms with E-state index in [-0.39, 0.29) is 0 Å². The third-order valence-electron chi connectivity index (χ3n) is 10.8. The van der Waals surface area contributed by atoms with Crippen LogP contribution in [0.2, 0.25) is 0 Å².